The van der Waals surface area contributed by atoms with Gasteiger partial charge in [0.2, 0.25) is 0 Å². The molecule has 0 atom stereocenters. The first-order chi connectivity index (χ1) is 22.8. The van der Waals surface area contributed by atoms with E-state index >= 15 is 4.39 Å². The number of carboxylic acids is 1. The second-order valence-electron chi connectivity index (χ2n) is 11.6. The number of nitrogens with one attached hydrogen (secondary N) is 1. The second kappa shape index (κ2) is 15.5. The summed E-state index contributed by atoms with van der Waals surface area (Å²) in [7, 11) is 1.83. The summed E-state index contributed by atoms with van der Waals surface area (Å²) in [6.07, 6.45) is 3.00. The molecule has 10 heteroatoms. The predicted molar refractivity (Wildman–Crippen MR) is 181 cm³/mol. The fraction of sp³-hybridized carbons (Fsp3) is 0.405. The maximum Gasteiger partial charge on any atom is 0.352 e. The summed E-state index contributed by atoms with van der Waals surface area (Å²) in [4.78, 5) is 12.8. The maximum atomic E-state index is 15.9. The number of aryl methyl sites for hydroxylation is 4. The van der Waals surface area contributed by atoms with Gasteiger partial charge >= 0.3 is 5.97 Å². The van der Waals surface area contributed by atoms with Gasteiger partial charge in [0.25, 0.3) is 0 Å². The Kier molecular flexibility index (Phi) is 11.3. The summed E-state index contributed by atoms with van der Waals surface area (Å²) in [5, 5.41) is 20.5. The summed E-state index contributed by atoms with van der Waals surface area (Å²) >= 11 is 0. The highest BCUT2D eigenvalue weighted by molar-refractivity contribution is 6.04. The van der Waals surface area contributed by atoms with E-state index in [9.17, 15) is 14.3 Å². The SMILES string of the molecule is CCNCC.CCc1nn(C)c2c1-c1c(F)ccc3c(CCCOc4cccc5cc(F)ccc45)c(C(=O)O)n(c13)CCCCOC2. The van der Waals surface area contributed by atoms with Crippen LogP contribution in [-0.2, 0) is 37.8 Å². The summed E-state index contributed by atoms with van der Waals surface area (Å²) < 4.78 is 45.1. The van der Waals surface area contributed by atoms with Gasteiger partial charge in [-0.25, -0.2) is 13.6 Å². The van der Waals surface area contributed by atoms with Crippen molar-refractivity contribution in [1.82, 2.24) is 19.7 Å². The number of carboxylic acid groups (broad SMARTS) is 1. The van der Waals surface area contributed by atoms with E-state index < -0.39 is 11.8 Å². The molecule has 6 rings (SSSR count). The minimum atomic E-state index is -1.04. The lowest BCUT2D eigenvalue weighted by Gasteiger charge is -2.13. The van der Waals surface area contributed by atoms with Gasteiger partial charge in [-0.2, -0.15) is 5.10 Å². The number of carbonyl (C=O) groups is 1. The van der Waals surface area contributed by atoms with Gasteiger partial charge in [0.05, 0.1) is 30.1 Å². The highest BCUT2D eigenvalue weighted by Crippen LogP contribution is 2.41. The largest absolute Gasteiger partial charge is 0.493 e. The van der Waals surface area contributed by atoms with Crippen LogP contribution in [0.3, 0.4) is 0 Å². The lowest BCUT2D eigenvalue weighted by molar-refractivity contribution is 0.0683. The molecule has 250 valence electrons. The van der Waals surface area contributed by atoms with Crippen LogP contribution in [0.5, 0.6) is 5.75 Å². The zero-order chi connectivity index (χ0) is 33.5. The smallest absolute Gasteiger partial charge is 0.352 e. The third-order valence-electron chi connectivity index (χ3n) is 8.59. The average molecular weight is 647 g/mol. The minimum absolute atomic E-state index is 0.182. The van der Waals surface area contributed by atoms with Crippen LogP contribution in [0.1, 0.15) is 67.5 Å². The molecule has 2 N–H and O–H groups in total. The molecule has 47 heavy (non-hydrogen) atoms. The number of ether oxygens (including phenoxy) is 2. The number of hydrogen-bond donors (Lipinski definition) is 2. The zero-order valence-electron chi connectivity index (χ0n) is 27.7. The van der Waals surface area contributed by atoms with Crippen molar-refractivity contribution in [2.45, 2.75) is 66.0 Å². The van der Waals surface area contributed by atoms with Crippen molar-refractivity contribution >= 4 is 27.6 Å². The first-order valence-electron chi connectivity index (χ1n) is 16.5. The predicted octanol–water partition coefficient (Wildman–Crippen LogP) is 7.67. The summed E-state index contributed by atoms with van der Waals surface area (Å²) in [6, 6.07) is 13.2. The number of benzene rings is 3. The molecule has 0 saturated heterocycles. The Morgan fingerprint density at radius 2 is 1.83 bits per heavy atom. The van der Waals surface area contributed by atoms with Gasteiger partial charge in [0, 0.05) is 42.1 Å². The highest BCUT2D eigenvalue weighted by atomic mass is 19.1. The molecular weight excluding hydrogens is 602 g/mol. The van der Waals surface area contributed by atoms with Crippen LogP contribution in [-0.4, -0.2) is 51.7 Å². The van der Waals surface area contributed by atoms with Crippen molar-refractivity contribution in [3.63, 3.8) is 0 Å². The quantitative estimate of drug-likeness (QED) is 0.160. The van der Waals surface area contributed by atoms with Gasteiger partial charge in [-0.05, 0) is 92.5 Å². The molecule has 0 amide bonds. The number of aromatic carboxylic acids is 1. The van der Waals surface area contributed by atoms with E-state index in [1.54, 1.807) is 21.4 Å². The molecule has 0 aliphatic carbocycles. The molecule has 8 nitrogen and oxygen atoms in total. The number of aromatic nitrogens is 3. The number of fused-ring (bicyclic) bond motifs is 3. The van der Waals surface area contributed by atoms with E-state index in [4.69, 9.17) is 9.47 Å². The fourth-order valence-corrected chi connectivity index (χ4v) is 6.45. The monoisotopic (exact) mass is 646 g/mol. The van der Waals surface area contributed by atoms with Crippen molar-refractivity contribution < 1.29 is 28.2 Å². The van der Waals surface area contributed by atoms with E-state index in [-0.39, 0.29) is 11.5 Å². The third kappa shape index (κ3) is 7.18. The topological polar surface area (TPSA) is 90.5 Å². The fourth-order valence-electron chi connectivity index (χ4n) is 6.45. The zero-order valence-corrected chi connectivity index (χ0v) is 27.7. The van der Waals surface area contributed by atoms with Crippen LogP contribution < -0.4 is 10.1 Å². The van der Waals surface area contributed by atoms with Gasteiger partial charge in [0.15, 0.2) is 0 Å². The maximum absolute atomic E-state index is 15.9. The van der Waals surface area contributed by atoms with Crippen LogP contribution in [0.4, 0.5) is 8.78 Å². The molecule has 1 aliphatic heterocycles. The third-order valence-corrected chi connectivity index (χ3v) is 8.59. The van der Waals surface area contributed by atoms with Gasteiger partial charge in [-0.3, -0.25) is 4.68 Å². The van der Waals surface area contributed by atoms with Crippen LogP contribution in [0, 0.1) is 11.6 Å². The molecule has 5 aromatic rings. The lowest BCUT2D eigenvalue weighted by atomic mass is 9.96. The summed E-state index contributed by atoms with van der Waals surface area (Å²) in [5.74, 6) is -1.12. The molecular formula is C37H44F2N4O4. The van der Waals surface area contributed by atoms with Crippen molar-refractivity contribution in [2.24, 2.45) is 7.05 Å². The van der Waals surface area contributed by atoms with E-state index in [1.165, 1.54) is 18.2 Å². The van der Waals surface area contributed by atoms with Crippen LogP contribution >= 0.6 is 0 Å². The van der Waals surface area contributed by atoms with E-state index in [1.807, 2.05) is 32.2 Å². The van der Waals surface area contributed by atoms with Crippen molar-refractivity contribution in [3.8, 4) is 16.9 Å². The molecule has 2 aromatic heterocycles. The van der Waals surface area contributed by atoms with E-state index in [2.05, 4.69) is 24.3 Å². The van der Waals surface area contributed by atoms with Crippen LogP contribution in [0.15, 0.2) is 48.5 Å². The van der Waals surface area contributed by atoms with Gasteiger partial charge in [0.1, 0.15) is 23.1 Å². The normalized spacial score (nSPS) is 13.1. The first-order valence-corrected chi connectivity index (χ1v) is 16.5. The highest BCUT2D eigenvalue weighted by Gasteiger charge is 2.29. The molecule has 0 saturated carbocycles. The van der Waals surface area contributed by atoms with Crippen molar-refractivity contribution in [2.75, 3.05) is 26.3 Å². The van der Waals surface area contributed by atoms with E-state index in [0.717, 1.165) is 47.1 Å². The lowest BCUT2D eigenvalue weighted by Crippen LogP contribution is -2.12. The van der Waals surface area contributed by atoms with Crippen molar-refractivity contribution in [3.05, 3.63) is 82.8 Å². The second-order valence-corrected chi connectivity index (χ2v) is 11.6. The van der Waals surface area contributed by atoms with Gasteiger partial charge in [-0.1, -0.05) is 32.9 Å². The Balaban J connectivity index is 0.000000807. The molecule has 0 fully saturated rings. The molecule has 0 unspecified atom stereocenters. The molecule has 0 spiro atoms. The molecule has 3 aromatic carbocycles. The van der Waals surface area contributed by atoms with Gasteiger partial charge < -0.3 is 24.5 Å². The Morgan fingerprint density at radius 3 is 2.55 bits per heavy atom. The number of nitrogens with zero attached hydrogens (tertiary/aromatic N) is 3. The van der Waals surface area contributed by atoms with Crippen molar-refractivity contribution in [1.29, 1.82) is 0 Å². The number of halogens is 2. The first kappa shape index (κ1) is 34.1. The van der Waals surface area contributed by atoms with Gasteiger partial charge in [-0.15, -0.1) is 0 Å². The van der Waals surface area contributed by atoms with Crippen LogP contribution in [0.25, 0.3) is 32.8 Å². The average Bonchev–Trinajstić information content (AvgIpc) is 3.53. The molecule has 0 radical (unpaired) electrons. The van der Waals surface area contributed by atoms with Crippen LogP contribution in [0.2, 0.25) is 0 Å². The molecule has 1 aliphatic rings. The van der Waals surface area contributed by atoms with E-state index in [0.29, 0.717) is 80.0 Å². The minimum Gasteiger partial charge on any atom is -0.493 e. The Hall–Kier alpha value is -4.28. The summed E-state index contributed by atoms with van der Waals surface area (Å²) in [5.41, 5.74) is 4.02. The number of rotatable bonds is 9. The molecule has 3 heterocycles. The number of hydrogen-bond acceptors (Lipinski definition) is 5. The summed E-state index contributed by atoms with van der Waals surface area (Å²) in [6.45, 7) is 9.94. The molecule has 0 bridgehead atoms. The Labute approximate surface area is 274 Å². The Morgan fingerprint density at radius 1 is 1.04 bits per heavy atom. The standard InChI is InChI=1S/C33H33F2N3O4.C4H11N/c1-3-26-30-27(37(2)36-26)19-41-16-5-4-15-38-31-24(13-14-25(35)29(30)31)23(32(38)33(39)40)9-7-17-42-28-10-6-8-20-18-21(34)11-12-22(20)28;1-3-5-4-2/h6,8,10-14,18H,3-5,7,9,15-17,19H2,1-2H3,(H,39,40);5H,3-4H2,1-2H3. The Bertz CT molecular complexity index is 1860.